The molecule has 0 saturated heterocycles. The van der Waals surface area contributed by atoms with Crippen molar-refractivity contribution in [3.05, 3.63) is 58.9 Å². The number of anilines is 1. The number of nitrogens with one attached hydrogen (secondary N) is 1. The zero-order valence-electron chi connectivity index (χ0n) is 11.5. The van der Waals surface area contributed by atoms with Crippen molar-refractivity contribution in [3.63, 3.8) is 0 Å². The zero-order chi connectivity index (χ0) is 14.7. The van der Waals surface area contributed by atoms with E-state index in [2.05, 4.69) is 11.9 Å². The topological polar surface area (TPSA) is 66.0 Å². The Hall–Kier alpha value is -2.07. The van der Waals surface area contributed by atoms with Crippen LogP contribution in [0, 0.1) is 5.41 Å². The summed E-state index contributed by atoms with van der Waals surface area (Å²) in [7, 11) is 1.96. The third-order valence-electron chi connectivity index (χ3n) is 3.35. The monoisotopic (exact) mass is 288 g/mol. The molecule has 5 heteroatoms. The first kappa shape index (κ1) is 14.3. The van der Waals surface area contributed by atoms with Crippen LogP contribution in [-0.2, 0) is 0 Å². The summed E-state index contributed by atoms with van der Waals surface area (Å²) in [6.07, 6.45) is 1.64. The summed E-state index contributed by atoms with van der Waals surface area (Å²) >= 11 is 5.91. The van der Waals surface area contributed by atoms with Gasteiger partial charge in [-0.3, -0.25) is 10.4 Å². The van der Waals surface area contributed by atoms with Gasteiger partial charge in [-0.15, -0.1) is 0 Å². The number of nitrogens with zero attached hydrogens (tertiary/aromatic N) is 2. The van der Waals surface area contributed by atoms with Crippen molar-refractivity contribution in [1.82, 2.24) is 4.98 Å². The van der Waals surface area contributed by atoms with E-state index in [0.29, 0.717) is 5.69 Å². The lowest BCUT2D eigenvalue weighted by Gasteiger charge is -2.28. The molecule has 0 aliphatic heterocycles. The first-order valence-electron chi connectivity index (χ1n) is 6.28. The molecule has 4 nitrogen and oxygen atoms in total. The average Bonchev–Trinajstić information content (AvgIpc) is 2.46. The molecule has 1 unspecified atom stereocenters. The lowest BCUT2D eigenvalue weighted by molar-refractivity contribution is 0.737. The van der Waals surface area contributed by atoms with E-state index in [0.717, 1.165) is 16.3 Å². The Bertz CT molecular complexity index is 610. The minimum absolute atomic E-state index is 0.0317. The molecule has 20 heavy (non-hydrogen) atoms. The maximum Gasteiger partial charge on any atom is 0.143 e. The second kappa shape index (κ2) is 5.92. The summed E-state index contributed by atoms with van der Waals surface area (Å²) in [6.45, 7) is 2.08. The molecule has 104 valence electrons. The molecule has 2 aromatic rings. The van der Waals surface area contributed by atoms with Crippen LogP contribution in [0.1, 0.15) is 24.2 Å². The van der Waals surface area contributed by atoms with Gasteiger partial charge in [0.05, 0.1) is 11.7 Å². The molecule has 0 amide bonds. The summed E-state index contributed by atoms with van der Waals surface area (Å²) in [5, 5.41) is 8.33. The van der Waals surface area contributed by atoms with E-state index in [4.69, 9.17) is 22.7 Å². The molecular formula is C15H17ClN4. The number of hydrogen-bond acceptors (Lipinski definition) is 3. The first-order chi connectivity index (χ1) is 9.50. The van der Waals surface area contributed by atoms with Crippen LogP contribution in [0.5, 0.6) is 0 Å². The Kier molecular flexibility index (Phi) is 4.25. The van der Waals surface area contributed by atoms with E-state index in [1.165, 1.54) is 0 Å². The summed E-state index contributed by atoms with van der Waals surface area (Å²) in [5.74, 6) is -0.0317. The third kappa shape index (κ3) is 2.91. The third-order valence-corrected chi connectivity index (χ3v) is 3.61. The highest BCUT2D eigenvalue weighted by Gasteiger charge is 2.17. The predicted octanol–water partition coefficient (Wildman–Crippen LogP) is 3.22. The van der Waals surface area contributed by atoms with E-state index in [1.807, 2.05) is 48.3 Å². The zero-order valence-corrected chi connectivity index (χ0v) is 12.2. The quantitative estimate of drug-likeness (QED) is 0.670. The van der Waals surface area contributed by atoms with Gasteiger partial charge >= 0.3 is 0 Å². The Morgan fingerprint density at radius 3 is 2.55 bits per heavy atom. The van der Waals surface area contributed by atoms with Gasteiger partial charge < -0.3 is 10.6 Å². The molecular weight excluding hydrogens is 272 g/mol. The van der Waals surface area contributed by atoms with Crippen molar-refractivity contribution in [2.45, 2.75) is 13.0 Å². The van der Waals surface area contributed by atoms with Crippen LogP contribution in [0.15, 0.2) is 42.6 Å². The highest BCUT2D eigenvalue weighted by molar-refractivity contribution is 6.30. The van der Waals surface area contributed by atoms with Gasteiger partial charge in [-0.1, -0.05) is 23.7 Å². The maximum atomic E-state index is 7.61. The Labute approximate surface area is 123 Å². The largest absolute Gasteiger partial charge is 0.382 e. The van der Waals surface area contributed by atoms with Crippen molar-refractivity contribution in [2.75, 3.05) is 11.9 Å². The van der Waals surface area contributed by atoms with Crippen LogP contribution in [0.25, 0.3) is 0 Å². The molecule has 0 aliphatic carbocycles. The number of nitrogens with two attached hydrogens (primary N) is 1. The number of pyridine rings is 1. The van der Waals surface area contributed by atoms with Crippen LogP contribution in [-0.4, -0.2) is 17.9 Å². The molecule has 0 bridgehead atoms. The van der Waals surface area contributed by atoms with E-state index >= 15 is 0 Å². The van der Waals surface area contributed by atoms with Crippen LogP contribution >= 0.6 is 11.6 Å². The number of aromatic nitrogens is 1. The van der Waals surface area contributed by atoms with Crippen LogP contribution in [0.3, 0.4) is 0 Å². The molecule has 1 aromatic carbocycles. The lowest BCUT2D eigenvalue weighted by atomic mass is 10.1. The van der Waals surface area contributed by atoms with Crippen LogP contribution in [0.2, 0.25) is 5.02 Å². The SMILES string of the molecule is CC(c1ccc(Cl)cc1)N(C)c1cccnc1C(=N)N. The van der Waals surface area contributed by atoms with E-state index in [1.54, 1.807) is 6.20 Å². The second-order valence-electron chi connectivity index (χ2n) is 4.62. The first-order valence-corrected chi connectivity index (χ1v) is 6.66. The van der Waals surface area contributed by atoms with E-state index in [9.17, 15) is 0 Å². The van der Waals surface area contributed by atoms with Gasteiger partial charge in [0.15, 0.2) is 0 Å². The number of amidine groups is 1. The summed E-state index contributed by atoms with van der Waals surface area (Å²) in [4.78, 5) is 6.23. The standard InChI is InChI=1S/C15H17ClN4/c1-10(11-5-7-12(16)8-6-11)20(2)13-4-3-9-19-14(13)15(17)18/h3-10H,1-2H3,(H3,17,18). The molecule has 2 rings (SSSR count). The van der Waals surface area contributed by atoms with Gasteiger partial charge in [-0.05, 0) is 36.8 Å². The molecule has 1 heterocycles. The molecule has 0 fully saturated rings. The van der Waals surface area contributed by atoms with Crippen molar-refractivity contribution < 1.29 is 0 Å². The Morgan fingerprint density at radius 2 is 1.95 bits per heavy atom. The lowest BCUT2D eigenvalue weighted by Crippen LogP contribution is -2.26. The maximum absolute atomic E-state index is 7.61. The summed E-state index contributed by atoms with van der Waals surface area (Å²) < 4.78 is 0. The minimum atomic E-state index is -0.0317. The Balaban J connectivity index is 2.33. The van der Waals surface area contributed by atoms with E-state index < -0.39 is 0 Å². The second-order valence-corrected chi connectivity index (χ2v) is 5.06. The normalized spacial score (nSPS) is 11.9. The van der Waals surface area contributed by atoms with Gasteiger partial charge in [0, 0.05) is 18.3 Å². The number of hydrogen-bond donors (Lipinski definition) is 2. The van der Waals surface area contributed by atoms with E-state index in [-0.39, 0.29) is 11.9 Å². The Morgan fingerprint density at radius 1 is 1.30 bits per heavy atom. The van der Waals surface area contributed by atoms with Crippen molar-refractivity contribution in [1.29, 1.82) is 5.41 Å². The molecule has 3 N–H and O–H groups in total. The summed E-state index contributed by atoms with van der Waals surface area (Å²) in [5.41, 5.74) is 8.05. The molecule has 1 atom stereocenters. The van der Waals surface area contributed by atoms with Gasteiger partial charge in [0.25, 0.3) is 0 Å². The van der Waals surface area contributed by atoms with Gasteiger partial charge in [-0.2, -0.15) is 0 Å². The van der Waals surface area contributed by atoms with Crippen LogP contribution < -0.4 is 10.6 Å². The van der Waals surface area contributed by atoms with Gasteiger partial charge in [0.2, 0.25) is 0 Å². The van der Waals surface area contributed by atoms with Crippen molar-refractivity contribution in [3.8, 4) is 0 Å². The minimum Gasteiger partial charge on any atom is -0.382 e. The number of rotatable bonds is 4. The fourth-order valence-electron chi connectivity index (χ4n) is 2.06. The van der Waals surface area contributed by atoms with Crippen LogP contribution in [0.4, 0.5) is 5.69 Å². The predicted molar refractivity (Wildman–Crippen MR) is 83.5 cm³/mol. The molecule has 0 saturated carbocycles. The molecule has 0 aliphatic rings. The number of nitrogen functional groups attached to an aromatic ring is 1. The fourth-order valence-corrected chi connectivity index (χ4v) is 2.19. The highest BCUT2D eigenvalue weighted by Crippen LogP contribution is 2.27. The smallest absolute Gasteiger partial charge is 0.143 e. The molecule has 0 spiro atoms. The number of halogens is 1. The van der Waals surface area contributed by atoms with Gasteiger partial charge in [0.1, 0.15) is 11.5 Å². The van der Waals surface area contributed by atoms with Crippen molar-refractivity contribution in [2.24, 2.45) is 5.73 Å². The van der Waals surface area contributed by atoms with Crippen molar-refractivity contribution >= 4 is 23.1 Å². The average molecular weight is 289 g/mol. The molecule has 1 aromatic heterocycles. The summed E-state index contributed by atoms with van der Waals surface area (Å²) in [6, 6.07) is 11.6. The fraction of sp³-hybridized carbons (Fsp3) is 0.200. The molecule has 0 radical (unpaired) electrons. The van der Waals surface area contributed by atoms with Gasteiger partial charge in [-0.25, -0.2) is 0 Å². The highest BCUT2D eigenvalue weighted by atomic mass is 35.5. The number of benzene rings is 1.